The van der Waals surface area contributed by atoms with Crippen LogP contribution in [-0.2, 0) is 11.3 Å². The van der Waals surface area contributed by atoms with E-state index in [9.17, 15) is 9.59 Å². The van der Waals surface area contributed by atoms with Crippen LogP contribution in [0.1, 0.15) is 15.2 Å². The monoisotopic (exact) mass is 370 g/mol. The normalized spacial score (nSPS) is 14.5. The summed E-state index contributed by atoms with van der Waals surface area (Å²) in [6.07, 6.45) is 1.49. The van der Waals surface area contributed by atoms with Crippen LogP contribution in [0.15, 0.2) is 47.5 Å². The van der Waals surface area contributed by atoms with Crippen molar-refractivity contribution in [1.29, 1.82) is 0 Å². The Bertz CT molecular complexity index is 951. The summed E-state index contributed by atoms with van der Waals surface area (Å²) in [6.45, 7) is 2.97. The first-order valence-electron chi connectivity index (χ1n) is 8.37. The molecule has 0 bridgehead atoms. The first-order chi connectivity index (χ1) is 12.7. The second-order valence-corrected chi connectivity index (χ2v) is 7.21. The minimum atomic E-state index is -0.217. The van der Waals surface area contributed by atoms with Gasteiger partial charge in [0.25, 0.3) is 5.91 Å². The topological polar surface area (TPSA) is 80.2 Å². The van der Waals surface area contributed by atoms with Crippen LogP contribution in [0, 0.1) is 0 Å². The van der Waals surface area contributed by atoms with Gasteiger partial charge < -0.3 is 9.64 Å². The van der Waals surface area contributed by atoms with Gasteiger partial charge in [-0.3, -0.25) is 9.36 Å². The Balaban J connectivity index is 1.47. The number of hydrogen-bond donors (Lipinski definition) is 1. The molecule has 134 valence electrons. The third kappa shape index (κ3) is 3.47. The Morgan fingerprint density at radius 2 is 1.92 bits per heavy atom. The Kier molecular flexibility index (Phi) is 4.68. The lowest BCUT2D eigenvalue weighted by Crippen LogP contribution is -2.40. The molecular weight excluding hydrogens is 352 g/mol. The molecule has 8 heteroatoms. The number of aromatic amines is 1. The average molecular weight is 370 g/mol. The summed E-state index contributed by atoms with van der Waals surface area (Å²) < 4.78 is 6.82. The van der Waals surface area contributed by atoms with E-state index in [0.29, 0.717) is 38.4 Å². The molecule has 1 amide bonds. The number of morpholine rings is 1. The third-order valence-corrected chi connectivity index (χ3v) is 5.44. The third-order valence-electron chi connectivity index (χ3n) is 4.32. The molecule has 1 fully saturated rings. The Labute approximate surface area is 153 Å². The van der Waals surface area contributed by atoms with Crippen LogP contribution in [0.3, 0.4) is 0 Å². The van der Waals surface area contributed by atoms with Crippen molar-refractivity contribution in [3.8, 4) is 10.4 Å². The Hall–Kier alpha value is -2.71. The van der Waals surface area contributed by atoms with Crippen LogP contribution in [0.5, 0.6) is 0 Å². The number of ether oxygens (including phenoxy) is 1. The van der Waals surface area contributed by atoms with E-state index >= 15 is 0 Å². The number of thiophene rings is 1. The molecule has 1 aliphatic heterocycles. The van der Waals surface area contributed by atoms with Gasteiger partial charge >= 0.3 is 5.69 Å². The molecule has 1 aromatic carbocycles. The minimum Gasteiger partial charge on any atom is -0.378 e. The zero-order valence-corrected chi connectivity index (χ0v) is 14.9. The van der Waals surface area contributed by atoms with Crippen LogP contribution in [0.4, 0.5) is 0 Å². The first-order valence-corrected chi connectivity index (χ1v) is 9.18. The number of rotatable bonds is 4. The first kappa shape index (κ1) is 16.7. The van der Waals surface area contributed by atoms with E-state index in [4.69, 9.17) is 4.74 Å². The van der Waals surface area contributed by atoms with Crippen LogP contribution in [0.25, 0.3) is 10.4 Å². The molecular formula is C18H18N4O3S. The predicted molar refractivity (Wildman–Crippen MR) is 98.4 cm³/mol. The summed E-state index contributed by atoms with van der Waals surface area (Å²) in [4.78, 5) is 28.0. The standard InChI is InChI=1S/C18H18N4O3S/c23-17(21-7-9-25-10-8-21)14-3-1-13(2-4-14)16-6-5-15(26-16)11-22-12-19-20-18(22)24/h1-6,12H,7-11H2,(H,20,24). The molecule has 1 aliphatic rings. The quantitative estimate of drug-likeness (QED) is 0.760. The molecule has 1 N–H and O–H groups in total. The fraction of sp³-hybridized carbons (Fsp3) is 0.278. The van der Waals surface area contributed by atoms with E-state index in [1.807, 2.05) is 41.3 Å². The van der Waals surface area contributed by atoms with Gasteiger partial charge in [0, 0.05) is 28.4 Å². The largest absolute Gasteiger partial charge is 0.378 e. The summed E-state index contributed by atoms with van der Waals surface area (Å²) in [6, 6.07) is 11.7. The maximum Gasteiger partial charge on any atom is 0.343 e. The highest BCUT2D eigenvalue weighted by Crippen LogP contribution is 2.28. The van der Waals surface area contributed by atoms with Gasteiger partial charge in [-0.05, 0) is 29.8 Å². The molecule has 3 aromatic rings. The fourth-order valence-electron chi connectivity index (χ4n) is 2.90. The van der Waals surface area contributed by atoms with Crippen LogP contribution < -0.4 is 5.69 Å². The lowest BCUT2D eigenvalue weighted by molar-refractivity contribution is 0.0303. The smallest absolute Gasteiger partial charge is 0.343 e. The van der Waals surface area contributed by atoms with Gasteiger partial charge in [-0.15, -0.1) is 11.3 Å². The molecule has 3 heterocycles. The van der Waals surface area contributed by atoms with E-state index in [0.717, 1.165) is 15.3 Å². The fourth-order valence-corrected chi connectivity index (χ4v) is 3.91. The highest BCUT2D eigenvalue weighted by Gasteiger charge is 2.18. The lowest BCUT2D eigenvalue weighted by atomic mass is 10.1. The molecule has 0 unspecified atom stereocenters. The number of carbonyl (C=O) groups excluding carboxylic acids is 1. The molecule has 0 aliphatic carbocycles. The van der Waals surface area contributed by atoms with Crippen molar-refractivity contribution in [3.05, 3.63) is 63.7 Å². The van der Waals surface area contributed by atoms with Gasteiger partial charge in [0.05, 0.1) is 19.8 Å². The van der Waals surface area contributed by atoms with Crippen molar-refractivity contribution in [2.75, 3.05) is 26.3 Å². The molecule has 26 heavy (non-hydrogen) atoms. The van der Waals surface area contributed by atoms with Crippen molar-refractivity contribution >= 4 is 17.2 Å². The van der Waals surface area contributed by atoms with Crippen molar-refractivity contribution in [2.45, 2.75) is 6.54 Å². The van der Waals surface area contributed by atoms with Gasteiger partial charge in [0.2, 0.25) is 0 Å². The van der Waals surface area contributed by atoms with Gasteiger partial charge in [-0.25, -0.2) is 9.89 Å². The molecule has 0 saturated carbocycles. The van der Waals surface area contributed by atoms with Gasteiger partial charge in [-0.2, -0.15) is 5.10 Å². The van der Waals surface area contributed by atoms with E-state index < -0.39 is 0 Å². The van der Waals surface area contributed by atoms with Crippen LogP contribution in [0.2, 0.25) is 0 Å². The zero-order valence-electron chi connectivity index (χ0n) is 14.1. The molecule has 0 spiro atoms. The second kappa shape index (κ2) is 7.27. The SMILES string of the molecule is O=C(c1ccc(-c2ccc(Cn3cn[nH]c3=O)s2)cc1)N1CCOCC1. The number of nitrogens with zero attached hydrogens (tertiary/aromatic N) is 3. The number of benzene rings is 1. The summed E-state index contributed by atoms with van der Waals surface area (Å²) in [5.41, 5.74) is 1.53. The van der Waals surface area contributed by atoms with Crippen molar-refractivity contribution in [1.82, 2.24) is 19.7 Å². The Morgan fingerprint density at radius 1 is 1.15 bits per heavy atom. The minimum absolute atomic E-state index is 0.0473. The number of aromatic nitrogens is 3. The van der Waals surface area contributed by atoms with Gasteiger partial charge in [0.1, 0.15) is 6.33 Å². The highest BCUT2D eigenvalue weighted by atomic mass is 32.1. The average Bonchev–Trinajstić information content (AvgIpc) is 3.32. The van der Waals surface area contributed by atoms with Crippen molar-refractivity contribution < 1.29 is 9.53 Å². The Morgan fingerprint density at radius 3 is 2.62 bits per heavy atom. The summed E-state index contributed by atoms with van der Waals surface area (Å²) in [5.74, 6) is 0.0473. The maximum atomic E-state index is 12.5. The number of hydrogen-bond acceptors (Lipinski definition) is 5. The van der Waals surface area contributed by atoms with E-state index in [1.165, 1.54) is 10.9 Å². The van der Waals surface area contributed by atoms with Crippen molar-refractivity contribution in [2.24, 2.45) is 0 Å². The van der Waals surface area contributed by atoms with Gasteiger partial charge in [-0.1, -0.05) is 12.1 Å². The summed E-state index contributed by atoms with van der Waals surface area (Å²) >= 11 is 1.62. The van der Waals surface area contributed by atoms with E-state index in [2.05, 4.69) is 10.2 Å². The molecule has 4 rings (SSSR count). The number of H-pyrrole nitrogens is 1. The molecule has 0 atom stereocenters. The van der Waals surface area contributed by atoms with Gasteiger partial charge in [0.15, 0.2) is 0 Å². The number of carbonyl (C=O) groups is 1. The molecule has 2 aromatic heterocycles. The zero-order chi connectivity index (χ0) is 17.9. The molecule has 1 saturated heterocycles. The molecule has 0 radical (unpaired) electrons. The van der Waals surface area contributed by atoms with E-state index in [-0.39, 0.29) is 11.6 Å². The number of amides is 1. The second-order valence-electron chi connectivity index (χ2n) is 6.04. The molecule has 7 nitrogen and oxygen atoms in total. The van der Waals surface area contributed by atoms with Crippen LogP contribution in [-0.4, -0.2) is 51.9 Å². The van der Waals surface area contributed by atoms with Crippen molar-refractivity contribution in [3.63, 3.8) is 0 Å². The number of nitrogens with one attached hydrogen (secondary N) is 1. The summed E-state index contributed by atoms with van der Waals surface area (Å²) in [7, 11) is 0. The maximum absolute atomic E-state index is 12.5. The van der Waals surface area contributed by atoms with Crippen LogP contribution >= 0.6 is 11.3 Å². The lowest BCUT2D eigenvalue weighted by Gasteiger charge is -2.26. The highest BCUT2D eigenvalue weighted by molar-refractivity contribution is 7.15. The van der Waals surface area contributed by atoms with E-state index in [1.54, 1.807) is 11.3 Å². The summed E-state index contributed by atoms with van der Waals surface area (Å²) in [5, 5.41) is 6.12. The predicted octanol–water partition coefficient (Wildman–Crippen LogP) is 1.82.